The van der Waals surface area contributed by atoms with Crippen molar-refractivity contribution in [3.05, 3.63) is 0 Å². The Morgan fingerprint density at radius 1 is 0.833 bits per heavy atom. The van der Waals surface area contributed by atoms with Gasteiger partial charge in [-0.15, -0.1) is 0 Å². The molecule has 0 saturated heterocycles. The Kier molecular flexibility index (Phi) is 8.54. The highest BCUT2D eigenvalue weighted by Crippen LogP contribution is 2.05. The number of rotatable bonds is 2. The third kappa shape index (κ3) is 16.6. The Hall–Kier alpha value is 0.1000. The van der Waals surface area contributed by atoms with Crippen LogP contribution in [0.2, 0.25) is 0 Å². The number of halogens is 2. The summed E-state index contributed by atoms with van der Waals surface area (Å²) < 4.78 is 0. The van der Waals surface area contributed by atoms with Crippen LogP contribution in [0, 0.1) is 0 Å². The second-order valence-corrected chi connectivity index (χ2v) is 3.51. The zero-order valence-corrected chi connectivity index (χ0v) is 9.32. The van der Waals surface area contributed by atoms with E-state index >= 15 is 0 Å². The summed E-state index contributed by atoms with van der Waals surface area (Å²) >= 11 is 0. The standard InChI is InChI=1S/C6H16N4.2ClH/c1-5(2,7)9-10-6(3,4)8;;/h7-8H2,1-4H3;2*1H/b10-9+;;. The number of nitrogens with zero attached hydrogens (tertiary/aromatic N) is 2. The fraction of sp³-hybridized carbons (Fsp3) is 1.00. The quantitative estimate of drug-likeness (QED) is 0.455. The summed E-state index contributed by atoms with van der Waals surface area (Å²) in [7, 11) is 0. The van der Waals surface area contributed by atoms with Crippen molar-refractivity contribution in [2.75, 3.05) is 0 Å². The van der Waals surface area contributed by atoms with E-state index in [9.17, 15) is 0 Å². The van der Waals surface area contributed by atoms with E-state index in [1.165, 1.54) is 0 Å². The fourth-order valence-electron chi connectivity index (χ4n) is 0.258. The SMILES string of the molecule is CC(C)(N)/N=N/C(C)(C)N.[Cl-].[Cl-].[H+].[H+]. The monoisotopic (exact) mass is 216 g/mol. The van der Waals surface area contributed by atoms with Gasteiger partial charge in [0.15, 0.2) is 0 Å². The summed E-state index contributed by atoms with van der Waals surface area (Å²) in [5.74, 6) is 0. The van der Waals surface area contributed by atoms with Gasteiger partial charge in [-0.25, -0.2) is 0 Å². The highest BCUT2D eigenvalue weighted by atomic mass is 35.5. The molecular formula is C6H18Cl2N4. The van der Waals surface area contributed by atoms with E-state index < -0.39 is 11.3 Å². The van der Waals surface area contributed by atoms with Crippen LogP contribution in [0.15, 0.2) is 10.2 Å². The highest BCUT2D eigenvalue weighted by molar-refractivity contribution is 4.70. The molecule has 0 radical (unpaired) electrons. The normalized spacial score (nSPS) is 12.2. The zero-order chi connectivity index (χ0) is 8.41. The lowest BCUT2D eigenvalue weighted by molar-refractivity contribution is -0.00100. The maximum Gasteiger partial charge on any atom is 1.00 e. The van der Waals surface area contributed by atoms with Crippen LogP contribution in [0.3, 0.4) is 0 Å². The summed E-state index contributed by atoms with van der Waals surface area (Å²) in [6.45, 7) is 7.06. The predicted octanol–water partition coefficient (Wildman–Crippen LogP) is -4.94. The maximum absolute atomic E-state index is 5.53. The Bertz CT molecular complexity index is 126. The molecule has 6 heteroatoms. The molecule has 0 aliphatic carbocycles. The average molecular weight is 217 g/mol. The van der Waals surface area contributed by atoms with Gasteiger partial charge >= 0.3 is 2.85 Å². The molecule has 0 aromatic rings. The van der Waals surface area contributed by atoms with Gasteiger partial charge in [0.05, 0.1) is 0 Å². The lowest BCUT2D eigenvalue weighted by Crippen LogP contribution is -3.00. The molecule has 0 bridgehead atoms. The van der Waals surface area contributed by atoms with Crippen molar-refractivity contribution < 1.29 is 27.7 Å². The molecule has 0 atom stereocenters. The predicted molar refractivity (Wildman–Crippen MR) is 43.6 cm³/mol. The topological polar surface area (TPSA) is 76.8 Å². The molecule has 0 saturated carbocycles. The van der Waals surface area contributed by atoms with Gasteiger partial charge in [0.1, 0.15) is 11.3 Å². The molecule has 0 aliphatic rings. The molecule has 0 fully saturated rings. The number of hydrogen-bond acceptors (Lipinski definition) is 4. The average Bonchev–Trinajstić information content (AvgIpc) is 1.57. The zero-order valence-electron chi connectivity index (χ0n) is 9.81. The summed E-state index contributed by atoms with van der Waals surface area (Å²) in [6, 6.07) is 0. The Morgan fingerprint density at radius 3 is 1.08 bits per heavy atom. The molecule has 0 heterocycles. The lowest BCUT2D eigenvalue weighted by Gasteiger charge is -2.15. The van der Waals surface area contributed by atoms with Crippen LogP contribution in [-0.4, -0.2) is 11.3 Å². The third-order valence-corrected chi connectivity index (χ3v) is 0.565. The van der Waals surface area contributed by atoms with E-state index in [4.69, 9.17) is 11.5 Å². The van der Waals surface area contributed by atoms with Crippen LogP contribution in [0.25, 0.3) is 0 Å². The molecule has 0 aromatic heterocycles. The van der Waals surface area contributed by atoms with Crippen molar-refractivity contribution in [2.24, 2.45) is 21.7 Å². The van der Waals surface area contributed by atoms with Crippen molar-refractivity contribution in [3.63, 3.8) is 0 Å². The minimum Gasteiger partial charge on any atom is -1.00 e. The lowest BCUT2D eigenvalue weighted by atomic mass is 10.3. The van der Waals surface area contributed by atoms with Crippen molar-refractivity contribution >= 4 is 0 Å². The molecule has 4 N–H and O–H groups in total. The molecule has 76 valence electrons. The van der Waals surface area contributed by atoms with Crippen molar-refractivity contribution in [3.8, 4) is 0 Å². The van der Waals surface area contributed by atoms with E-state index in [2.05, 4.69) is 10.2 Å². The third-order valence-electron chi connectivity index (χ3n) is 0.565. The summed E-state index contributed by atoms with van der Waals surface area (Å²) in [5.41, 5.74) is 9.82. The van der Waals surface area contributed by atoms with Gasteiger partial charge in [-0.3, -0.25) is 0 Å². The molecule has 0 unspecified atom stereocenters. The van der Waals surface area contributed by atoms with Gasteiger partial charge in [0, 0.05) is 0 Å². The second-order valence-electron chi connectivity index (χ2n) is 3.51. The van der Waals surface area contributed by atoms with Gasteiger partial charge in [-0.2, -0.15) is 10.2 Å². The molecule has 0 rings (SSSR count). The van der Waals surface area contributed by atoms with E-state index in [0.717, 1.165) is 0 Å². The van der Waals surface area contributed by atoms with Crippen molar-refractivity contribution in [1.29, 1.82) is 0 Å². The first kappa shape index (κ1) is 18.0. The largest absolute Gasteiger partial charge is 1.00 e. The number of nitrogens with two attached hydrogens (primary N) is 2. The molecule has 4 nitrogen and oxygen atoms in total. The van der Waals surface area contributed by atoms with E-state index in [1.807, 2.05) is 0 Å². The van der Waals surface area contributed by atoms with Crippen molar-refractivity contribution in [1.82, 2.24) is 0 Å². The first-order valence-electron chi connectivity index (χ1n) is 3.22. The molecule has 12 heavy (non-hydrogen) atoms. The Labute approximate surface area is 89.0 Å². The van der Waals surface area contributed by atoms with Crippen LogP contribution in [0.1, 0.15) is 30.5 Å². The van der Waals surface area contributed by atoms with Crippen LogP contribution in [-0.2, 0) is 0 Å². The minimum absolute atomic E-state index is 0. The molecule has 0 amide bonds. The van der Waals surface area contributed by atoms with Crippen LogP contribution in [0.4, 0.5) is 0 Å². The van der Waals surface area contributed by atoms with Gasteiger partial charge in [-0.05, 0) is 27.7 Å². The van der Waals surface area contributed by atoms with E-state index in [1.54, 1.807) is 27.7 Å². The van der Waals surface area contributed by atoms with Crippen LogP contribution in [0.5, 0.6) is 0 Å². The van der Waals surface area contributed by atoms with Crippen molar-refractivity contribution in [2.45, 2.75) is 39.0 Å². The molecule has 0 spiro atoms. The Balaban J connectivity index is -0.0000000675. The summed E-state index contributed by atoms with van der Waals surface area (Å²) in [5, 5.41) is 7.61. The first-order valence-corrected chi connectivity index (χ1v) is 3.22. The summed E-state index contributed by atoms with van der Waals surface area (Å²) in [4.78, 5) is 0. The smallest absolute Gasteiger partial charge is 1.00 e. The van der Waals surface area contributed by atoms with Gasteiger partial charge < -0.3 is 36.3 Å². The minimum atomic E-state index is -0.614. The highest BCUT2D eigenvalue weighted by Gasteiger charge is 2.12. The first-order chi connectivity index (χ1) is 4.21. The van der Waals surface area contributed by atoms with Gasteiger partial charge in [-0.1, -0.05) is 0 Å². The van der Waals surface area contributed by atoms with E-state index in [0.29, 0.717) is 0 Å². The Morgan fingerprint density at radius 2 is 1.00 bits per heavy atom. The van der Waals surface area contributed by atoms with Gasteiger partial charge in [0.2, 0.25) is 0 Å². The molecular weight excluding hydrogens is 199 g/mol. The van der Waals surface area contributed by atoms with Crippen LogP contribution < -0.4 is 36.3 Å². The maximum atomic E-state index is 5.53. The number of hydrogen-bond donors (Lipinski definition) is 2. The van der Waals surface area contributed by atoms with Gasteiger partial charge in [0.25, 0.3) is 0 Å². The second kappa shape index (κ2) is 5.70. The molecule has 0 aliphatic heterocycles. The fourth-order valence-corrected chi connectivity index (χ4v) is 0.258. The van der Waals surface area contributed by atoms with E-state index in [-0.39, 0.29) is 27.7 Å². The molecule has 0 aromatic carbocycles. The number of azo groups is 1. The van der Waals surface area contributed by atoms with Crippen LogP contribution >= 0.6 is 0 Å². The summed E-state index contributed by atoms with van der Waals surface area (Å²) in [6.07, 6.45) is 0.